The molecule has 0 aliphatic carbocycles. The molecule has 2 nitrogen and oxygen atoms in total. The minimum atomic E-state index is -0.868. The van der Waals surface area contributed by atoms with Gasteiger partial charge in [0.15, 0.2) is 0 Å². The number of aryl methyl sites for hydroxylation is 1. The first-order valence-corrected chi connectivity index (χ1v) is 8.31. The number of aromatic carboxylic acids is 1. The minimum absolute atomic E-state index is 0.381. The summed E-state index contributed by atoms with van der Waals surface area (Å²) in [7, 11) is 0. The van der Waals surface area contributed by atoms with Crippen LogP contribution in [0, 0.1) is 0 Å². The lowest BCUT2D eigenvalue weighted by molar-refractivity contribution is 0.0696. The van der Waals surface area contributed by atoms with Gasteiger partial charge in [-0.3, -0.25) is 0 Å². The molecule has 1 aromatic carbocycles. The summed E-state index contributed by atoms with van der Waals surface area (Å²) in [5.41, 5.74) is 1.23. The fourth-order valence-corrected chi connectivity index (χ4v) is 1.31. The minimum Gasteiger partial charge on any atom is -0.478 e. The monoisotopic (exact) mass is 302 g/mol. The Morgan fingerprint density at radius 1 is 0.950 bits per heavy atom. The molecule has 0 saturated heterocycles. The highest BCUT2D eigenvalue weighted by Gasteiger charge is 2.06. The molecule has 0 aliphatic rings. The average molecular weight is 303 g/mol. The lowest BCUT2D eigenvalue weighted by atomic mass is 10.1. The second-order valence-corrected chi connectivity index (χ2v) is 2.88. The van der Waals surface area contributed by atoms with Crippen LogP contribution in [0.3, 0.4) is 0 Å². The smallest absolute Gasteiger partial charge is 0.335 e. The molecule has 0 bridgehead atoms. The summed E-state index contributed by atoms with van der Waals surface area (Å²) < 4.78 is 0. The van der Waals surface area contributed by atoms with Gasteiger partial charge in [-0.15, -0.1) is 0 Å². The Kier molecular flexibility index (Phi) is 36.4. The molecule has 20 heavy (non-hydrogen) atoms. The van der Waals surface area contributed by atoms with E-state index in [-0.39, 0.29) is 0 Å². The predicted molar refractivity (Wildman–Crippen MR) is 96.4 cm³/mol. The molecule has 0 unspecified atom stereocenters. The molecule has 1 N–H and O–H groups in total. The molecule has 0 amide bonds. The zero-order valence-corrected chi connectivity index (χ0v) is 15.4. The maximum atomic E-state index is 10.7. The lowest BCUT2D eigenvalue weighted by Gasteiger charge is -2.02. The van der Waals surface area contributed by atoms with Crippen molar-refractivity contribution < 1.29 is 9.90 Å². The van der Waals surface area contributed by atoms with Gasteiger partial charge in [-0.25, -0.2) is 4.79 Å². The summed E-state index contributed by atoms with van der Waals surface area (Å²) >= 11 is 4.05. The zero-order valence-electron chi connectivity index (χ0n) is 14.5. The van der Waals surface area contributed by atoms with Crippen molar-refractivity contribution in [2.45, 2.75) is 61.8 Å². The molecule has 0 radical (unpaired) electrons. The van der Waals surface area contributed by atoms with Crippen molar-refractivity contribution in [1.29, 1.82) is 0 Å². The van der Waals surface area contributed by atoms with Crippen molar-refractivity contribution >= 4 is 18.6 Å². The molecule has 1 rings (SSSR count). The molecule has 120 valence electrons. The van der Waals surface area contributed by atoms with Crippen molar-refractivity contribution in [1.82, 2.24) is 0 Å². The first-order chi connectivity index (χ1) is 9.75. The molecule has 1 aromatic rings. The van der Waals surface area contributed by atoms with Gasteiger partial charge in [-0.1, -0.05) is 73.6 Å². The van der Waals surface area contributed by atoms with Crippen LogP contribution in [0.5, 0.6) is 0 Å². The van der Waals surface area contributed by atoms with Gasteiger partial charge in [-0.05, 0) is 23.8 Å². The van der Waals surface area contributed by atoms with Gasteiger partial charge >= 0.3 is 5.97 Å². The molecule has 0 heterocycles. The second-order valence-electron chi connectivity index (χ2n) is 2.44. The van der Waals surface area contributed by atoms with E-state index in [1.807, 2.05) is 67.5 Å². The van der Waals surface area contributed by atoms with Gasteiger partial charge in [-0.2, -0.15) is 12.6 Å². The van der Waals surface area contributed by atoms with E-state index in [0.717, 1.165) is 5.56 Å². The normalized spacial score (nSPS) is 7.05. The van der Waals surface area contributed by atoms with Crippen molar-refractivity contribution in [3.05, 3.63) is 35.4 Å². The Hall–Kier alpha value is -0.960. The van der Waals surface area contributed by atoms with Gasteiger partial charge in [0.1, 0.15) is 0 Å². The number of benzene rings is 1. The first-order valence-electron chi connectivity index (χ1n) is 7.67. The van der Waals surface area contributed by atoms with Crippen LogP contribution < -0.4 is 0 Å². The number of hydrogen-bond acceptors (Lipinski definition) is 2. The van der Waals surface area contributed by atoms with Crippen LogP contribution in [-0.2, 0) is 6.42 Å². The molecule has 0 aliphatic heterocycles. The standard InChI is InChI=1S/C9H10O2S.4C2H6/c10-9(11)8-4-2-1-3-7(8)5-6-12;4*1-2/h1-4,12H,5-6H2,(H,10,11);4*1-2H3. The van der Waals surface area contributed by atoms with Crippen LogP contribution in [0.2, 0.25) is 0 Å². The van der Waals surface area contributed by atoms with E-state index in [0.29, 0.717) is 17.7 Å². The fourth-order valence-electron chi connectivity index (χ4n) is 1.07. The quantitative estimate of drug-likeness (QED) is 0.676. The average Bonchev–Trinajstić information content (AvgIpc) is 2.56. The Labute approximate surface area is 132 Å². The van der Waals surface area contributed by atoms with Gasteiger partial charge in [0.2, 0.25) is 0 Å². The third kappa shape index (κ3) is 15.1. The highest BCUT2D eigenvalue weighted by molar-refractivity contribution is 7.80. The third-order valence-corrected chi connectivity index (χ3v) is 1.85. The van der Waals surface area contributed by atoms with E-state index in [4.69, 9.17) is 5.11 Å². The number of carboxylic acids is 1. The van der Waals surface area contributed by atoms with Gasteiger partial charge < -0.3 is 5.11 Å². The van der Waals surface area contributed by atoms with E-state index in [1.54, 1.807) is 12.1 Å². The van der Waals surface area contributed by atoms with Gasteiger partial charge in [0, 0.05) is 0 Å². The number of rotatable bonds is 3. The number of thiol groups is 1. The number of carboxylic acid groups (broad SMARTS) is 1. The van der Waals surface area contributed by atoms with E-state index in [9.17, 15) is 4.79 Å². The van der Waals surface area contributed by atoms with E-state index in [1.165, 1.54) is 0 Å². The Morgan fingerprint density at radius 2 is 1.35 bits per heavy atom. The summed E-state index contributed by atoms with van der Waals surface area (Å²) in [5.74, 6) is -0.197. The summed E-state index contributed by atoms with van der Waals surface area (Å²) in [6.07, 6.45) is 0.700. The van der Waals surface area contributed by atoms with Crippen molar-refractivity contribution in [3.8, 4) is 0 Å². The molecule has 0 atom stereocenters. The molecule has 0 aromatic heterocycles. The lowest BCUT2D eigenvalue weighted by Crippen LogP contribution is -2.02. The van der Waals surface area contributed by atoms with Gasteiger partial charge in [0.25, 0.3) is 0 Å². The van der Waals surface area contributed by atoms with E-state index in [2.05, 4.69) is 12.6 Å². The maximum Gasteiger partial charge on any atom is 0.335 e. The summed E-state index contributed by atoms with van der Waals surface area (Å²) in [4.78, 5) is 10.7. The number of carbonyl (C=O) groups is 1. The van der Waals surface area contributed by atoms with Crippen LogP contribution >= 0.6 is 12.6 Å². The first kappa shape index (κ1) is 27.4. The maximum absolute atomic E-state index is 10.7. The molecule has 0 spiro atoms. The largest absolute Gasteiger partial charge is 0.478 e. The topological polar surface area (TPSA) is 37.3 Å². The highest BCUT2D eigenvalue weighted by atomic mass is 32.1. The molecular weight excluding hydrogens is 268 g/mol. The highest BCUT2D eigenvalue weighted by Crippen LogP contribution is 2.09. The second kappa shape index (κ2) is 26.6. The molecule has 0 saturated carbocycles. The molecule has 0 fully saturated rings. The molecule has 3 heteroatoms. The van der Waals surface area contributed by atoms with E-state index >= 15 is 0 Å². The molecular formula is C17H34O2S. The van der Waals surface area contributed by atoms with Crippen molar-refractivity contribution in [2.24, 2.45) is 0 Å². The Morgan fingerprint density at radius 3 is 1.70 bits per heavy atom. The van der Waals surface area contributed by atoms with Crippen LogP contribution in [0.15, 0.2) is 24.3 Å². The third-order valence-electron chi connectivity index (χ3n) is 1.63. The zero-order chi connectivity index (χ0) is 17.0. The number of hydrogen-bond donors (Lipinski definition) is 2. The van der Waals surface area contributed by atoms with Gasteiger partial charge in [0.05, 0.1) is 5.56 Å². The summed E-state index contributed by atoms with van der Waals surface area (Å²) in [6.45, 7) is 16.0. The predicted octanol–water partition coefficient (Wildman–Crippen LogP) is 5.96. The summed E-state index contributed by atoms with van der Waals surface area (Å²) in [6, 6.07) is 7.00. The SMILES string of the molecule is CC.CC.CC.CC.O=C(O)c1ccccc1CCS. The van der Waals surface area contributed by atoms with E-state index < -0.39 is 5.97 Å². The van der Waals surface area contributed by atoms with Crippen LogP contribution in [0.1, 0.15) is 71.3 Å². The summed E-state index contributed by atoms with van der Waals surface area (Å²) in [5, 5.41) is 8.77. The van der Waals surface area contributed by atoms with Crippen LogP contribution in [-0.4, -0.2) is 16.8 Å². The Balaban J connectivity index is -0.000000138. The van der Waals surface area contributed by atoms with Crippen LogP contribution in [0.4, 0.5) is 0 Å². The Bertz CT molecular complexity index is 286. The van der Waals surface area contributed by atoms with Crippen molar-refractivity contribution in [2.75, 3.05) is 5.75 Å². The van der Waals surface area contributed by atoms with Crippen molar-refractivity contribution in [3.63, 3.8) is 0 Å². The van der Waals surface area contributed by atoms with Crippen LogP contribution in [0.25, 0.3) is 0 Å². The fraction of sp³-hybridized carbons (Fsp3) is 0.588.